The number of amides is 2. The Balaban J connectivity index is 1.53. The van der Waals surface area contributed by atoms with Crippen molar-refractivity contribution >= 4 is 34.7 Å². The number of fused-ring (bicyclic) bond motifs is 3. The average molecular weight is 500 g/mol. The van der Waals surface area contributed by atoms with Gasteiger partial charge in [-0.3, -0.25) is 4.90 Å². The minimum Gasteiger partial charge on any atom is -0.306 e. The minimum atomic E-state index is -4.90. The van der Waals surface area contributed by atoms with Gasteiger partial charge in [-0.05, 0) is 13.0 Å². The largest absolute Gasteiger partial charge is 0.401 e. The highest BCUT2D eigenvalue weighted by Crippen LogP contribution is 2.50. The first-order valence-electron chi connectivity index (χ1n) is 9.42. The maximum Gasteiger partial charge on any atom is 0.401 e. The highest BCUT2D eigenvalue weighted by molar-refractivity contribution is 6.32. The minimum absolute atomic E-state index is 0.0572. The Labute approximate surface area is 191 Å². The van der Waals surface area contributed by atoms with Crippen molar-refractivity contribution < 1.29 is 26.7 Å². The zero-order chi connectivity index (χ0) is 24.4. The van der Waals surface area contributed by atoms with Crippen LogP contribution in [0, 0.1) is 11.8 Å². The lowest BCUT2D eigenvalue weighted by molar-refractivity contribution is -0.181. The molecule has 0 fully saturated rings. The summed E-state index contributed by atoms with van der Waals surface area (Å²) >= 11 is 6.16. The fourth-order valence-corrected chi connectivity index (χ4v) is 3.92. The van der Waals surface area contributed by atoms with Crippen molar-refractivity contribution in [2.24, 2.45) is 0 Å². The topological polar surface area (TPSA) is 106 Å². The SMILES string of the molecule is C[C@@]1(C(F)(F)F)CN(C(=O)Nc2cnc(-n3nccn3)c(Cl)c2)c2cnc3c(F)c(F)nn3c21. The molecule has 0 saturated carbocycles. The van der Waals surface area contributed by atoms with Crippen LogP contribution in [0.5, 0.6) is 0 Å². The van der Waals surface area contributed by atoms with Crippen LogP contribution >= 0.6 is 11.6 Å². The van der Waals surface area contributed by atoms with Crippen LogP contribution in [0.25, 0.3) is 11.5 Å². The van der Waals surface area contributed by atoms with Crippen molar-refractivity contribution in [2.75, 3.05) is 16.8 Å². The highest BCUT2D eigenvalue weighted by Gasteiger charge is 2.60. The molecule has 0 spiro atoms. The quantitative estimate of drug-likeness (QED) is 0.423. The number of nitrogens with one attached hydrogen (secondary N) is 1. The number of urea groups is 1. The van der Waals surface area contributed by atoms with Gasteiger partial charge in [0.2, 0.25) is 5.82 Å². The number of aromatic nitrogens is 7. The molecule has 2 amide bonds. The third-order valence-electron chi connectivity index (χ3n) is 5.37. The summed E-state index contributed by atoms with van der Waals surface area (Å²) in [6.45, 7) is -0.0850. The molecule has 16 heteroatoms. The number of halogens is 6. The van der Waals surface area contributed by atoms with Gasteiger partial charge in [0.1, 0.15) is 5.41 Å². The first-order chi connectivity index (χ1) is 16.0. The van der Waals surface area contributed by atoms with Crippen molar-refractivity contribution in [3.63, 3.8) is 0 Å². The van der Waals surface area contributed by atoms with Gasteiger partial charge in [-0.1, -0.05) is 11.6 Å². The van der Waals surface area contributed by atoms with Gasteiger partial charge in [-0.25, -0.2) is 19.3 Å². The van der Waals surface area contributed by atoms with E-state index in [4.69, 9.17) is 11.6 Å². The maximum atomic E-state index is 14.1. The number of hydrogen-bond donors (Lipinski definition) is 1. The molecule has 1 aliphatic rings. The van der Waals surface area contributed by atoms with Crippen LogP contribution in [0.1, 0.15) is 12.6 Å². The van der Waals surface area contributed by atoms with Crippen molar-refractivity contribution in [1.29, 1.82) is 0 Å². The smallest absolute Gasteiger partial charge is 0.306 e. The summed E-state index contributed by atoms with van der Waals surface area (Å²) in [5.74, 6) is -2.95. The molecule has 34 heavy (non-hydrogen) atoms. The summed E-state index contributed by atoms with van der Waals surface area (Å²) < 4.78 is 70.4. The lowest BCUT2D eigenvalue weighted by Gasteiger charge is -2.28. The fourth-order valence-electron chi connectivity index (χ4n) is 3.68. The molecule has 5 rings (SSSR count). The molecule has 1 atom stereocenters. The van der Waals surface area contributed by atoms with E-state index in [2.05, 4.69) is 30.6 Å². The van der Waals surface area contributed by atoms with Gasteiger partial charge in [0.05, 0.1) is 46.9 Å². The third kappa shape index (κ3) is 3.14. The first kappa shape index (κ1) is 21.9. The maximum absolute atomic E-state index is 14.1. The Kier molecular flexibility index (Phi) is 4.72. The van der Waals surface area contributed by atoms with Gasteiger partial charge < -0.3 is 5.32 Å². The third-order valence-corrected chi connectivity index (χ3v) is 5.65. The summed E-state index contributed by atoms with van der Waals surface area (Å²) in [6.07, 6.45) is -0.0183. The van der Waals surface area contributed by atoms with Gasteiger partial charge in [-0.2, -0.15) is 32.1 Å². The Morgan fingerprint density at radius 3 is 2.53 bits per heavy atom. The number of hydrogen-bond acceptors (Lipinski definition) is 6. The molecule has 0 radical (unpaired) electrons. The van der Waals surface area contributed by atoms with E-state index in [-0.39, 0.29) is 22.2 Å². The average Bonchev–Trinajstić information content (AvgIpc) is 3.46. The molecule has 5 heterocycles. The molecule has 10 nitrogen and oxygen atoms in total. The number of rotatable bonds is 2. The molecule has 0 bridgehead atoms. The van der Waals surface area contributed by atoms with Crippen LogP contribution in [-0.2, 0) is 5.41 Å². The van der Waals surface area contributed by atoms with E-state index in [1.165, 1.54) is 24.7 Å². The molecule has 1 N–H and O–H groups in total. The second-order valence-electron chi connectivity index (χ2n) is 7.53. The number of nitrogens with zero attached hydrogens (tertiary/aromatic N) is 8. The molecule has 0 unspecified atom stereocenters. The van der Waals surface area contributed by atoms with Crippen LogP contribution < -0.4 is 10.2 Å². The van der Waals surface area contributed by atoms with Crippen LogP contribution in [0.4, 0.5) is 38.1 Å². The molecule has 0 aliphatic carbocycles. The molecular formula is C18H11ClF5N9O. The number of alkyl halides is 3. The highest BCUT2D eigenvalue weighted by atomic mass is 35.5. The fraction of sp³-hybridized carbons (Fsp3) is 0.222. The molecule has 0 aromatic carbocycles. The summed E-state index contributed by atoms with van der Waals surface area (Å²) in [5.41, 5.74) is -4.30. The van der Waals surface area contributed by atoms with Crippen molar-refractivity contribution in [3.8, 4) is 5.82 Å². The van der Waals surface area contributed by atoms with E-state index >= 15 is 0 Å². The summed E-state index contributed by atoms with van der Waals surface area (Å²) in [5, 5.41) is 13.5. The van der Waals surface area contributed by atoms with Crippen LogP contribution in [-0.4, -0.2) is 53.3 Å². The number of carbonyl (C=O) groups is 1. The van der Waals surface area contributed by atoms with E-state index < -0.39 is 47.3 Å². The first-order valence-corrected chi connectivity index (χ1v) is 9.80. The molecule has 176 valence electrons. The predicted octanol–water partition coefficient (Wildman–Crippen LogP) is 3.51. The van der Waals surface area contributed by atoms with E-state index in [1.54, 1.807) is 0 Å². The van der Waals surface area contributed by atoms with Crippen LogP contribution in [0.2, 0.25) is 5.02 Å². The Bertz CT molecular complexity index is 1440. The molecule has 0 saturated heterocycles. The number of anilines is 2. The van der Waals surface area contributed by atoms with Crippen LogP contribution in [0.3, 0.4) is 0 Å². The lowest BCUT2D eigenvalue weighted by Crippen LogP contribution is -2.46. The summed E-state index contributed by atoms with van der Waals surface area (Å²) in [6, 6.07) is 0.330. The van der Waals surface area contributed by atoms with Crippen molar-refractivity contribution in [2.45, 2.75) is 18.5 Å². The van der Waals surface area contributed by atoms with Gasteiger partial charge >= 0.3 is 12.2 Å². The zero-order valence-electron chi connectivity index (χ0n) is 16.8. The molecule has 4 aromatic rings. The van der Waals surface area contributed by atoms with Crippen molar-refractivity contribution in [3.05, 3.63) is 53.3 Å². The van der Waals surface area contributed by atoms with E-state index in [1.807, 2.05) is 0 Å². The van der Waals surface area contributed by atoms with E-state index in [9.17, 15) is 26.7 Å². The molecule has 1 aliphatic heterocycles. The standard InChI is InChI=1S/C18H11ClF5N9O/c1-17(18(22,23)24)7-31(10-6-26-15-11(20)13(21)30-32(15)12(10)17)16(34)29-8-4-9(19)14(25-5-8)33-27-2-3-28-33/h2-6H,7H2,1H3,(H,29,34)/t17-/m1/s1. The lowest BCUT2D eigenvalue weighted by atomic mass is 9.87. The summed E-state index contributed by atoms with van der Waals surface area (Å²) in [4.78, 5) is 22.6. The predicted molar refractivity (Wildman–Crippen MR) is 107 cm³/mol. The second kappa shape index (κ2) is 7.31. The number of pyridine rings is 1. The number of carbonyl (C=O) groups excluding carboxylic acids is 1. The van der Waals surface area contributed by atoms with Gasteiger partial charge in [-0.15, -0.1) is 9.90 Å². The van der Waals surface area contributed by atoms with Gasteiger partial charge in [0, 0.05) is 6.54 Å². The summed E-state index contributed by atoms with van der Waals surface area (Å²) in [7, 11) is 0. The normalized spacial score (nSPS) is 17.9. The van der Waals surface area contributed by atoms with E-state index in [0.29, 0.717) is 4.52 Å². The zero-order valence-corrected chi connectivity index (χ0v) is 17.6. The Morgan fingerprint density at radius 2 is 1.88 bits per heavy atom. The van der Waals surface area contributed by atoms with Crippen LogP contribution in [0.15, 0.2) is 30.9 Å². The Hall–Kier alpha value is -3.88. The van der Waals surface area contributed by atoms with E-state index in [0.717, 1.165) is 22.8 Å². The van der Waals surface area contributed by atoms with Crippen molar-refractivity contribution in [1.82, 2.24) is 34.6 Å². The Morgan fingerprint density at radius 1 is 1.18 bits per heavy atom. The molecule has 4 aromatic heterocycles. The van der Waals surface area contributed by atoms with Gasteiger partial charge in [0.25, 0.3) is 5.95 Å². The molecular weight excluding hydrogens is 489 g/mol. The second-order valence-corrected chi connectivity index (χ2v) is 7.93. The monoisotopic (exact) mass is 499 g/mol. The van der Waals surface area contributed by atoms with Gasteiger partial charge in [0.15, 0.2) is 11.5 Å².